The van der Waals surface area contributed by atoms with Gasteiger partial charge in [-0.25, -0.2) is 19.9 Å². The summed E-state index contributed by atoms with van der Waals surface area (Å²) in [6, 6.07) is 42.0. The molecule has 0 radical (unpaired) electrons. The van der Waals surface area contributed by atoms with Crippen LogP contribution in [-0.4, -0.2) is 24.9 Å². The first-order valence-corrected chi connectivity index (χ1v) is 16.6. The van der Waals surface area contributed by atoms with E-state index in [1.54, 1.807) is 0 Å². The first-order valence-electron chi connectivity index (χ1n) is 16.6. The van der Waals surface area contributed by atoms with Crippen LogP contribution >= 0.6 is 0 Å². The van der Waals surface area contributed by atoms with Gasteiger partial charge >= 0.3 is 0 Å². The molecule has 2 aliphatic rings. The number of hydrogen-bond donors (Lipinski definition) is 0. The normalized spacial score (nSPS) is 18.2. The van der Waals surface area contributed by atoms with E-state index in [1.165, 1.54) is 11.1 Å². The third kappa shape index (κ3) is 4.73. The van der Waals surface area contributed by atoms with E-state index in [1.807, 2.05) is 36.4 Å². The minimum Gasteiger partial charge on any atom is -0.250 e. The average molecular weight is 620 g/mol. The molecule has 0 amide bonds. The van der Waals surface area contributed by atoms with Gasteiger partial charge in [-0.2, -0.15) is 0 Å². The summed E-state index contributed by atoms with van der Waals surface area (Å²) in [6.45, 7) is 4.38. The average Bonchev–Trinajstić information content (AvgIpc) is 3.91. The van der Waals surface area contributed by atoms with Gasteiger partial charge < -0.3 is 0 Å². The van der Waals surface area contributed by atoms with Gasteiger partial charge in [0, 0.05) is 44.5 Å². The molecule has 3 aromatic heterocycles. The van der Waals surface area contributed by atoms with E-state index in [0.717, 1.165) is 62.1 Å². The van der Waals surface area contributed by atoms with Crippen LogP contribution in [0.5, 0.6) is 0 Å². The summed E-state index contributed by atoms with van der Waals surface area (Å²) in [7, 11) is 0. The first kappa shape index (κ1) is 28.4. The zero-order valence-corrected chi connectivity index (χ0v) is 26.9. The van der Waals surface area contributed by atoms with Gasteiger partial charge in [-0.1, -0.05) is 141 Å². The lowest BCUT2D eigenvalue weighted by Gasteiger charge is -2.20. The highest BCUT2D eigenvalue weighted by Crippen LogP contribution is 2.62. The molecule has 5 heteroatoms. The number of allylic oxidation sites excluding steroid dienone is 4. The largest absolute Gasteiger partial charge is 0.250 e. The van der Waals surface area contributed by atoms with Gasteiger partial charge in [0.25, 0.3) is 0 Å². The molecule has 230 valence electrons. The molecule has 1 saturated carbocycles. The number of aromatic nitrogens is 5. The fourth-order valence-corrected chi connectivity index (χ4v) is 7.13. The fourth-order valence-electron chi connectivity index (χ4n) is 7.13. The molecule has 7 aromatic rings. The van der Waals surface area contributed by atoms with Crippen LogP contribution in [0.2, 0.25) is 0 Å². The Bertz CT molecular complexity index is 2340. The van der Waals surface area contributed by atoms with Crippen molar-refractivity contribution in [3.05, 3.63) is 157 Å². The van der Waals surface area contributed by atoms with Crippen LogP contribution in [0, 0.1) is 5.92 Å². The molecule has 48 heavy (non-hydrogen) atoms. The monoisotopic (exact) mass is 619 g/mol. The Balaban J connectivity index is 1.21. The maximum Gasteiger partial charge on any atom is 0.164 e. The molecule has 3 heterocycles. The number of hydrogen-bond acceptors (Lipinski definition) is 5. The zero-order chi connectivity index (χ0) is 32.2. The van der Waals surface area contributed by atoms with E-state index < -0.39 is 0 Å². The topological polar surface area (TPSA) is 64.5 Å². The lowest BCUT2D eigenvalue weighted by atomic mass is 9.88. The Hall–Kier alpha value is -5.81. The maximum absolute atomic E-state index is 5.49. The van der Waals surface area contributed by atoms with Crippen molar-refractivity contribution in [3.63, 3.8) is 0 Å². The van der Waals surface area contributed by atoms with Crippen molar-refractivity contribution in [1.82, 2.24) is 24.9 Å². The SMILES string of the molecule is CC(C)c1ccc2ccc3c(-c4ccccc4)cc(C45C=CC=C(c6nc(-c7ccccc7)nc(-c7ccccc7)n6)C4C5)nc3c2n1. The van der Waals surface area contributed by atoms with Gasteiger partial charge in [-0.3, -0.25) is 4.98 Å². The predicted molar refractivity (Wildman–Crippen MR) is 194 cm³/mol. The van der Waals surface area contributed by atoms with Crippen molar-refractivity contribution in [1.29, 1.82) is 0 Å². The van der Waals surface area contributed by atoms with Crippen LogP contribution < -0.4 is 0 Å². The third-order valence-electron chi connectivity index (χ3n) is 9.82. The summed E-state index contributed by atoms with van der Waals surface area (Å²) in [5.74, 6) is 2.59. The number of benzene rings is 4. The molecule has 0 aliphatic heterocycles. The summed E-state index contributed by atoms with van der Waals surface area (Å²) in [6.07, 6.45) is 7.61. The molecule has 2 unspecified atom stereocenters. The van der Waals surface area contributed by atoms with Gasteiger partial charge in [0.2, 0.25) is 0 Å². The summed E-state index contributed by atoms with van der Waals surface area (Å²) in [4.78, 5) is 25.8. The Morgan fingerprint density at radius 1 is 0.604 bits per heavy atom. The minimum absolute atomic E-state index is 0.194. The molecule has 0 spiro atoms. The Morgan fingerprint density at radius 3 is 1.85 bits per heavy atom. The standard InChI is InChI=1S/C43H33N5/c1-27(2)36-23-21-29-20-22-32-34(28-13-6-3-7-14-28)25-37(45-39(32)38(29)44-36)43-24-12-19-33(35(43)26-43)42-47-40(30-15-8-4-9-16-30)46-41(48-42)31-17-10-5-11-18-31/h3-25,27,35H,26H2,1-2H3. The first-order chi connectivity index (χ1) is 23.6. The summed E-state index contributed by atoms with van der Waals surface area (Å²) in [5, 5.41) is 2.22. The smallest absolute Gasteiger partial charge is 0.164 e. The van der Waals surface area contributed by atoms with Gasteiger partial charge in [-0.05, 0) is 35.6 Å². The second kappa shape index (κ2) is 11.2. The highest BCUT2D eigenvalue weighted by molar-refractivity contribution is 6.08. The van der Waals surface area contributed by atoms with Gasteiger partial charge in [0.1, 0.15) is 0 Å². The van der Waals surface area contributed by atoms with E-state index in [4.69, 9.17) is 24.9 Å². The second-order valence-electron chi connectivity index (χ2n) is 13.2. The van der Waals surface area contributed by atoms with E-state index in [-0.39, 0.29) is 11.3 Å². The third-order valence-corrected chi connectivity index (χ3v) is 9.82. The van der Waals surface area contributed by atoms with Crippen molar-refractivity contribution in [2.24, 2.45) is 5.92 Å². The number of pyridine rings is 2. The Morgan fingerprint density at radius 2 is 1.21 bits per heavy atom. The van der Waals surface area contributed by atoms with Gasteiger partial charge in [0.05, 0.1) is 16.7 Å². The predicted octanol–water partition coefficient (Wildman–Crippen LogP) is 10.0. The molecule has 0 bridgehead atoms. The maximum atomic E-state index is 5.49. The van der Waals surface area contributed by atoms with Crippen LogP contribution in [-0.2, 0) is 5.41 Å². The van der Waals surface area contributed by atoms with E-state index >= 15 is 0 Å². The van der Waals surface area contributed by atoms with E-state index in [0.29, 0.717) is 17.6 Å². The lowest BCUT2D eigenvalue weighted by Crippen LogP contribution is -2.14. The molecule has 4 aromatic carbocycles. The summed E-state index contributed by atoms with van der Waals surface area (Å²) >= 11 is 0. The number of rotatable bonds is 6. The Labute approximate surface area is 279 Å². The quantitative estimate of drug-likeness (QED) is 0.173. The van der Waals surface area contributed by atoms with Crippen molar-refractivity contribution >= 4 is 27.4 Å². The highest BCUT2D eigenvalue weighted by atomic mass is 15.0. The van der Waals surface area contributed by atoms with Crippen LogP contribution in [0.4, 0.5) is 0 Å². The summed E-state index contributed by atoms with van der Waals surface area (Å²) in [5.41, 5.74) is 9.20. The molecule has 2 aliphatic carbocycles. The molecule has 0 N–H and O–H groups in total. The molecule has 0 saturated heterocycles. The highest BCUT2D eigenvalue weighted by Gasteiger charge is 2.58. The van der Waals surface area contributed by atoms with Crippen molar-refractivity contribution < 1.29 is 0 Å². The second-order valence-corrected chi connectivity index (χ2v) is 13.2. The molecule has 1 fully saturated rings. The van der Waals surface area contributed by atoms with Gasteiger partial charge in [-0.15, -0.1) is 0 Å². The van der Waals surface area contributed by atoms with Crippen LogP contribution in [0.3, 0.4) is 0 Å². The molecular formula is C43H33N5. The van der Waals surface area contributed by atoms with Crippen molar-refractivity contribution in [3.8, 4) is 33.9 Å². The number of nitrogens with zero attached hydrogens (tertiary/aromatic N) is 5. The van der Waals surface area contributed by atoms with Crippen LogP contribution in [0.25, 0.3) is 61.3 Å². The lowest BCUT2D eigenvalue weighted by molar-refractivity contribution is 0.789. The van der Waals surface area contributed by atoms with Crippen molar-refractivity contribution in [2.45, 2.75) is 31.6 Å². The van der Waals surface area contributed by atoms with Crippen LogP contribution in [0.1, 0.15) is 43.4 Å². The van der Waals surface area contributed by atoms with Crippen LogP contribution in [0.15, 0.2) is 140 Å². The van der Waals surface area contributed by atoms with E-state index in [9.17, 15) is 0 Å². The van der Waals surface area contributed by atoms with Gasteiger partial charge in [0.15, 0.2) is 17.5 Å². The Kier molecular flexibility index (Phi) is 6.61. The molecule has 2 atom stereocenters. The minimum atomic E-state index is -0.258. The van der Waals surface area contributed by atoms with E-state index in [2.05, 4.69) is 117 Å². The molecule has 9 rings (SSSR count). The molecule has 5 nitrogen and oxygen atoms in total. The van der Waals surface area contributed by atoms with Crippen molar-refractivity contribution in [2.75, 3.05) is 0 Å². The summed E-state index contributed by atoms with van der Waals surface area (Å²) < 4.78 is 0. The fraction of sp³-hybridized carbons (Fsp3) is 0.140. The molecular weight excluding hydrogens is 587 g/mol. The number of fused-ring (bicyclic) bond motifs is 4. The zero-order valence-electron chi connectivity index (χ0n) is 26.9.